The lowest BCUT2D eigenvalue weighted by molar-refractivity contribution is 0.0764. The molecule has 0 aliphatic carbocycles. The largest absolute Gasteiger partial charge is 0.486 e. The smallest absolute Gasteiger partial charge is 0.244 e. The molecule has 0 radical (unpaired) electrons. The summed E-state index contributed by atoms with van der Waals surface area (Å²) in [6.07, 6.45) is 0.0426. The first kappa shape index (κ1) is 19.1. The first-order chi connectivity index (χ1) is 13.0. The van der Waals surface area contributed by atoms with Gasteiger partial charge in [-0.1, -0.05) is 25.1 Å². The van der Waals surface area contributed by atoms with Gasteiger partial charge in [0, 0.05) is 6.54 Å². The van der Waals surface area contributed by atoms with Crippen molar-refractivity contribution in [3.63, 3.8) is 0 Å². The highest BCUT2D eigenvalue weighted by molar-refractivity contribution is 7.89. The van der Waals surface area contributed by atoms with E-state index in [1.165, 1.54) is 16.4 Å². The third-order valence-corrected chi connectivity index (χ3v) is 6.06. The van der Waals surface area contributed by atoms with Crippen molar-refractivity contribution in [1.29, 1.82) is 5.26 Å². The highest BCUT2D eigenvalue weighted by Gasteiger charge is 2.32. The minimum absolute atomic E-state index is 0.0336. The Morgan fingerprint density at radius 2 is 1.96 bits per heavy atom. The van der Waals surface area contributed by atoms with Crippen LogP contribution in [-0.2, 0) is 10.0 Å². The quantitative estimate of drug-likeness (QED) is 0.758. The second-order valence-electron chi connectivity index (χ2n) is 6.09. The molecule has 0 bridgehead atoms. The number of nitrogens with zero attached hydrogens (tertiary/aromatic N) is 2. The van der Waals surface area contributed by atoms with Gasteiger partial charge in [-0.2, -0.15) is 9.57 Å². The molecule has 1 heterocycles. The minimum Gasteiger partial charge on any atom is -0.486 e. The zero-order chi connectivity index (χ0) is 19.4. The van der Waals surface area contributed by atoms with Gasteiger partial charge in [-0.05, 0) is 30.7 Å². The van der Waals surface area contributed by atoms with Crippen molar-refractivity contribution in [3.8, 4) is 17.6 Å². The summed E-state index contributed by atoms with van der Waals surface area (Å²) >= 11 is 0. The van der Waals surface area contributed by atoms with Crippen molar-refractivity contribution in [3.05, 3.63) is 53.8 Å². The normalized spacial score (nSPS) is 16.1. The fraction of sp³-hybridized carbons (Fsp3) is 0.316. The predicted molar refractivity (Wildman–Crippen MR) is 96.5 cm³/mol. The van der Waals surface area contributed by atoms with E-state index in [9.17, 15) is 18.1 Å². The molecule has 0 N–H and O–H groups in total. The van der Waals surface area contributed by atoms with Crippen LogP contribution in [0.2, 0.25) is 0 Å². The maximum absolute atomic E-state index is 13.9. The monoisotopic (exact) mass is 390 g/mol. The van der Waals surface area contributed by atoms with E-state index in [0.717, 1.165) is 6.07 Å². The molecule has 27 heavy (non-hydrogen) atoms. The number of hydrogen-bond donors (Lipinski definition) is 0. The predicted octanol–water partition coefficient (Wildman–Crippen LogP) is 2.94. The van der Waals surface area contributed by atoms with E-state index in [4.69, 9.17) is 9.47 Å². The van der Waals surface area contributed by atoms with Crippen molar-refractivity contribution in [2.45, 2.75) is 24.3 Å². The van der Waals surface area contributed by atoms with Gasteiger partial charge in [0.15, 0.2) is 11.5 Å². The summed E-state index contributed by atoms with van der Waals surface area (Å²) in [4.78, 5) is -0.337. The molecular formula is C19H19FN2O4S. The highest BCUT2D eigenvalue weighted by Crippen LogP contribution is 2.31. The van der Waals surface area contributed by atoms with E-state index < -0.39 is 27.5 Å². The number of sulfonamides is 1. The van der Waals surface area contributed by atoms with Crippen LogP contribution < -0.4 is 9.47 Å². The van der Waals surface area contributed by atoms with Gasteiger partial charge in [0.2, 0.25) is 10.0 Å². The van der Waals surface area contributed by atoms with Gasteiger partial charge in [-0.15, -0.1) is 0 Å². The summed E-state index contributed by atoms with van der Waals surface area (Å²) in [6.45, 7) is 2.28. The average Bonchev–Trinajstić information content (AvgIpc) is 2.67. The lowest BCUT2D eigenvalue weighted by Crippen LogP contribution is -2.44. The molecule has 2 aromatic rings. The molecule has 0 aromatic heterocycles. The van der Waals surface area contributed by atoms with Gasteiger partial charge >= 0.3 is 0 Å². The Morgan fingerprint density at radius 3 is 2.67 bits per heavy atom. The van der Waals surface area contributed by atoms with Crippen molar-refractivity contribution in [2.24, 2.45) is 0 Å². The molecule has 2 aromatic carbocycles. The first-order valence-electron chi connectivity index (χ1n) is 8.54. The molecular weight excluding hydrogens is 371 g/mol. The van der Waals surface area contributed by atoms with E-state index in [1.54, 1.807) is 24.3 Å². The number of benzene rings is 2. The summed E-state index contributed by atoms with van der Waals surface area (Å²) in [7, 11) is -4.07. The zero-order valence-electron chi connectivity index (χ0n) is 14.8. The molecule has 1 aliphatic rings. The maximum Gasteiger partial charge on any atom is 0.244 e. The van der Waals surface area contributed by atoms with Crippen LogP contribution in [0.3, 0.4) is 0 Å². The third-order valence-electron chi connectivity index (χ3n) is 4.15. The van der Waals surface area contributed by atoms with Crippen LogP contribution in [0, 0.1) is 17.1 Å². The maximum atomic E-state index is 13.9. The number of fused-ring (bicyclic) bond motifs is 1. The molecule has 0 amide bonds. The molecule has 3 rings (SSSR count). The van der Waals surface area contributed by atoms with Crippen molar-refractivity contribution in [2.75, 3.05) is 19.7 Å². The summed E-state index contributed by atoms with van der Waals surface area (Å²) in [6, 6.07) is 12.4. The van der Waals surface area contributed by atoms with Crippen molar-refractivity contribution >= 4 is 10.0 Å². The SMILES string of the molecule is CCCN(CC1COc2ccccc2O1)S(=O)(=O)c1cccc(F)c1C#N. The molecule has 1 aliphatic heterocycles. The fourth-order valence-corrected chi connectivity index (χ4v) is 4.62. The first-order valence-corrected chi connectivity index (χ1v) is 9.98. The van der Waals surface area contributed by atoms with Crippen LogP contribution in [-0.4, -0.2) is 38.5 Å². The molecule has 6 nitrogen and oxygen atoms in total. The average molecular weight is 390 g/mol. The number of para-hydroxylation sites is 2. The second kappa shape index (κ2) is 7.94. The van der Waals surface area contributed by atoms with Crippen LogP contribution in [0.15, 0.2) is 47.4 Å². The number of nitriles is 1. The molecule has 1 atom stereocenters. The summed E-state index contributed by atoms with van der Waals surface area (Å²) in [5.74, 6) is 0.294. The van der Waals surface area contributed by atoms with E-state index in [0.29, 0.717) is 17.9 Å². The summed E-state index contributed by atoms with van der Waals surface area (Å²) < 4.78 is 52.8. The number of rotatable bonds is 6. The van der Waals surface area contributed by atoms with Crippen LogP contribution in [0.5, 0.6) is 11.5 Å². The lowest BCUT2D eigenvalue weighted by atomic mass is 10.2. The molecule has 8 heteroatoms. The van der Waals surface area contributed by atoms with Gasteiger partial charge in [0.25, 0.3) is 0 Å². The number of ether oxygens (including phenoxy) is 2. The highest BCUT2D eigenvalue weighted by atomic mass is 32.2. The van der Waals surface area contributed by atoms with Crippen LogP contribution in [0.1, 0.15) is 18.9 Å². The van der Waals surface area contributed by atoms with Gasteiger partial charge in [0.05, 0.1) is 6.54 Å². The molecule has 1 unspecified atom stereocenters. The molecule has 0 saturated heterocycles. The Morgan fingerprint density at radius 1 is 1.22 bits per heavy atom. The third kappa shape index (κ3) is 3.89. The van der Waals surface area contributed by atoms with Gasteiger partial charge in [-0.25, -0.2) is 12.8 Å². The Bertz CT molecular complexity index is 972. The molecule has 142 valence electrons. The van der Waals surface area contributed by atoms with Gasteiger partial charge in [0.1, 0.15) is 35.1 Å². The van der Waals surface area contributed by atoms with E-state index >= 15 is 0 Å². The van der Waals surface area contributed by atoms with Gasteiger partial charge < -0.3 is 9.47 Å². The van der Waals surface area contributed by atoms with E-state index in [1.807, 2.05) is 13.0 Å². The van der Waals surface area contributed by atoms with E-state index in [-0.39, 0.29) is 24.6 Å². The molecule has 0 spiro atoms. The van der Waals surface area contributed by atoms with Crippen LogP contribution >= 0.6 is 0 Å². The summed E-state index contributed by atoms with van der Waals surface area (Å²) in [5.41, 5.74) is -0.482. The van der Waals surface area contributed by atoms with Crippen LogP contribution in [0.25, 0.3) is 0 Å². The number of halogens is 1. The number of hydrogen-bond acceptors (Lipinski definition) is 5. The van der Waals surface area contributed by atoms with Crippen molar-refractivity contribution < 1.29 is 22.3 Å². The summed E-state index contributed by atoms with van der Waals surface area (Å²) in [5, 5.41) is 9.19. The Hall–Kier alpha value is -2.63. The molecule has 0 fully saturated rings. The zero-order valence-corrected chi connectivity index (χ0v) is 15.6. The molecule has 0 saturated carbocycles. The Labute approximate surface area is 157 Å². The standard InChI is InChI=1S/C19H19FN2O4S/c1-2-10-22(12-14-13-25-17-7-3-4-8-18(17)26-14)27(23,24)19-9-5-6-16(20)15(19)11-21/h3-9,14H,2,10,12-13H2,1H3. The van der Waals surface area contributed by atoms with Gasteiger partial charge in [-0.3, -0.25) is 0 Å². The Kier molecular flexibility index (Phi) is 5.63. The topological polar surface area (TPSA) is 79.6 Å². The second-order valence-corrected chi connectivity index (χ2v) is 7.99. The minimum atomic E-state index is -4.07. The fourth-order valence-electron chi connectivity index (χ4n) is 2.91. The van der Waals surface area contributed by atoms with Crippen LogP contribution in [0.4, 0.5) is 4.39 Å². The van der Waals surface area contributed by atoms with E-state index in [2.05, 4.69) is 0 Å². The Balaban J connectivity index is 1.88. The lowest BCUT2D eigenvalue weighted by Gasteiger charge is -2.31. The van der Waals surface area contributed by atoms with Crippen molar-refractivity contribution in [1.82, 2.24) is 4.31 Å².